The fourth-order valence-electron chi connectivity index (χ4n) is 4.51. The van der Waals surface area contributed by atoms with Crippen molar-refractivity contribution in [1.82, 2.24) is 0 Å². The molecule has 1 heterocycles. The second-order valence-corrected chi connectivity index (χ2v) is 9.31. The third kappa shape index (κ3) is 13.2. The van der Waals surface area contributed by atoms with E-state index in [1.54, 1.807) is 6.20 Å². The molecule has 1 unspecified atom stereocenters. The number of hydrogen-bond donors (Lipinski definition) is 1. The minimum Gasteiger partial charge on any atom is -0.544 e. The van der Waals surface area contributed by atoms with Crippen molar-refractivity contribution in [3.63, 3.8) is 0 Å². The van der Waals surface area contributed by atoms with Crippen molar-refractivity contribution in [1.29, 1.82) is 0 Å². The molecule has 0 fully saturated rings. The molecule has 0 amide bonds. The number of nitrogens with two attached hydrogens (primary N) is 1. The average molecular weight is 448 g/mol. The van der Waals surface area contributed by atoms with Gasteiger partial charge >= 0.3 is 0 Å². The molecule has 0 aromatic carbocycles. The van der Waals surface area contributed by atoms with Crippen LogP contribution >= 0.6 is 0 Å². The van der Waals surface area contributed by atoms with Crippen LogP contribution in [0.5, 0.6) is 0 Å². The van der Waals surface area contributed by atoms with E-state index >= 15 is 0 Å². The van der Waals surface area contributed by atoms with Gasteiger partial charge in [0.05, 0.1) is 12.2 Å². The summed E-state index contributed by atoms with van der Waals surface area (Å²) in [6.07, 6.45) is 30.1. The maximum atomic E-state index is 11.2. The van der Waals surface area contributed by atoms with Crippen molar-refractivity contribution in [2.45, 2.75) is 116 Å². The Balaban J connectivity index is 1.95. The largest absolute Gasteiger partial charge is 0.544 e. The highest BCUT2D eigenvalue weighted by Gasteiger charge is 2.34. The molecule has 1 aliphatic heterocycles. The van der Waals surface area contributed by atoms with E-state index in [1.807, 2.05) is 6.20 Å². The molecule has 32 heavy (non-hydrogen) atoms. The van der Waals surface area contributed by atoms with E-state index < -0.39 is 5.97 Å². The standard InChI is InChI=1S/C27H49N3O2/c1-2-3-4-5-6-7-8-9-10-11-12-13-14-15-16-17-18-19-20-26-29-22-24-30(26,23-21-28)25-27(31)32/h10-11,22,24H,2-9,12-21,23,25,28H2,1H3/b11-10+. The Bertz CT molecular complexity index is 571. The number of rotatable bonds is 22. The number of carboxylic acid groups (broad SMARTS) is 1. The SMILES string of the molecule is CCCCCCCCC/C=C/CCCCCCCCCC1=NC=C[N+]1(CCN)CC(=O)[O-]. The van der Waals surface area contributed by atoms with E-state index in [-0.39, 0.29) is 11.0 Å². The first-order valence-corrected chi connectivity index (χ1v) is 13.3. The van der Waals surface area contributed by atoms with Gasteiger partial charge in [0.25, 0.3) is 0 Å². The summed E-state index contributed by atoms with van der Waals surface area (Å²) in [6.45, 7) is 3.21. The zero-order chi connectivity index (χ0) is 23.3. The summed E-state index contributed by atoms with van der Waals surface area (Å²) in [5.74, 6) is -0.131. The first-order valence-electron chi connectivity index (χ1n) is 13.3. The molecular formula is C27H49N3O2. The highest BCUT2D eigenvalue weighted by molar-refractivity contribution is 5.80. The van der Waals surface area contributed by atoms with Gasteiger partial charge in [0, 0.05) is 13.0 Å². The van der Waals surface area contributed by atoms with Crippen LogP contribution in [-0.2, 0) is 4.79 Å². The van der Waals surface area contributed by atoms with Crippen molar-refractivity contribution in [3.05, 3.63) is 24.6 Å². The van der Waals surface area contributed by atoms with Crippen molar-refractivity contribution in [2.24, 2.45) is 10.7 Å². The Hall–Kier alpha value is -1.46. The van der Waals surface area contributed by atoms with Gasteiger partial charge in [0.1, 0.15) is 19.3 Å². The van der Waals surface area contributed by atoms with Gasteiger partial charge in [0.15, 0.2) is 0 Å². The van der Waals surface area contributed by atoms with Gasteiger partial charge in [-0.25, -0.2) is 9.48 Å². The van der Waals surface area contributed by atoms with Crippen LogP contribution in [0.4, 0.5) is 0 Å². The molecule has 1 aliphatic rings. The van der Waals surface area contributed by atoms with Crippen LogP contribution < -0.4 is 10.8 Å². The predicted octanol–water partition coefficient (Wildman–Crippen LogP) is 5.60. The summed E-state index contributed by atoms with van der Waals surface area (Å²) in [5.41, 5.74) is 5.71. The molecule has 0 aliphatic carbocycles. The van der Waals surface area contributed by atoms with Gasteiger partial charge in [-0.1, -0.05) is 89.7 Å². The maximum absolute atomic E-state index is 11.2. The summed E-state index contributed by atoms with van der Waals surface area (Å²) in [4.78, 5) is 15.6. The molecule has 0 saturated heterocycles. The van der Waals surface area contributed by atoms with Crippen LogP contribution in [0.2, 0.25) is 0 Å². The third-order valence-corrected chi connectivity index (χ3v) is 6.44. The first-order chi connectivity index (χ1) is 15.6. The molecule has 0 aromatic heterocycles. The minimum absolute atomic E-state index is 0.0694. The van der Waals surface area contributed by atoms with Crippen molar-refractivity contribution in [2.75, 3.05) is 19.6 Å². The van der Waals surface area contributed by atoms with E-state index in [2.05, 4.69) is 24.1 Å². The number of hydrogen-bond acceptors (Lipinski definition) is 4. The molecule has 5 heteroatoms. The molecule has 2 N–H and O–H groups in total. The van der Waals surface area contributed by atoms with Crippen LogP contribution in [0.3, 0.4) is 0 Å². The highest BCUT2D eigenvalue weighted by Crippen LogP contribution is 2.21. The smallest absolute Gasteiger partial charge is 0.207 e. The van der Waals surface area contributed by atoms with Crippen molar-refractivity contribution < 1.29 is 14.4 Å². The van der Waals surface area contributed by atoms with Crippen LogP contribution in [0.1, 0.15) is 116 Å². The van der Waals surface area contributed by atoms with Gasteiger partial charge < -0.3 is 15.6 Å². The molecule has 184 valence electrons. The fourth-order valence-corrected chi connectivity index (χ4v) is 4.51. The van der Waals surface area contributed by atoms with Gasteiger partial charge in [-0.05, 0) is 32.1 Å². The first kappa shape index (κ1) is 28.6. The van der Waals surface area contributed by atoms with Crippen molar-refractivity contribution in [3.8, 4) is 0 Å². The fraction of sp³-hybridized carbons (Fsp3) is 0.778. The normalized spacial score (nSPS) is 18.0. The predicted molar refractivity (Wildman–Crippen MR) is 134 cm³/mol. The Morgan fingerprint density at radius 1 is 0.906 bits per heavy atom. The van der Waals surface area contributed by atoms with Gasteiger partial charge in [-0.15, -0.1) is 0 Å². The summed E-state index contributed by atoms with van der Waals surface area (Å²) in [5, 5.41) is 11.2. The minimum atomic E-state index is -1.05. The number of carbonyl (C=O) groups is 1. The number of nitrogens with zero attached hydrogens (tertiary/aromatic N) is 2. The highest BCUT2D eigenvalue weighted by atomic mass is 16.4. The summed E-state index contributed by atoms with van der Waals surface area (Å²) in [7, 11) is 0. The zero-order valence-corrected chi connectivity index (χ0v) is 20.7. The lowest BCUT2D eigenvalue weighted by Gasteiger charge is -2.32. The van der Waals surface area contributed by atoms with Crippen molar-refractivity contribution >= 4 is 11.8 Å². The summed E-state index contributed by atoms with van der Waals surface area (Å²) in [6, 6.07) is 0. The van der Waals surface area contributed by atoms with Gasteiger partial charge in [-0.3, -0.25) is 0 Å². The van der Waals surface area contributed by atoms with Crippen LogP contribution in [0.15, 0.2) is 29.5 Å². The Morgan fingerprint density at radius 2 is 1.44 bits per heavy atom. The molecule has 0 aromatic rings. The number of aliphatic imine (C=N–C) groups is 1. The zero-order valence-electron chi connectivity index (χ0n) is 20.7. The van der Waals surface area contributed by atoms with Gasteiger partial charge in [0.2, 0.25) is 5.84 Å². The van der Waals surface area contributed by atoms with E-state index in [4.69, 9.17) is 5.73 Å². The molecule has 0 spiro atoms. The van der Waals surface area contributed by atoms with E-state index in [1.165, 1.54) is 96.3 Å². The van der Waals surface area contributed by atoms with E-state index in [0.717, 1.165) is 18.7 Å². The Kier molecular flexibility index (Phi) is 17.0. The number of allylic oxidation sites excluding steroid dienone is 2. The monoisotopic (exact) mass is 447 g/mol. The van der Waals surface area contributed by atoms with Crippen LogP contribution in [-0.4, -0.2) is 35.9 Å². The number of aliphatic carboxylic acids is 1. The lowest BCUT2D eigenvalue weighted by atomic mass is 10.1. The molecule has 1 rings (SSSR count). The molecule has 5 nitrogen and oxygen atoms in total. The lowest BCUT2D eigenvalue weighted by Crippen LogP contribution is -2.55. The summed E-state index contributed by atoms with van der Waals surface area (Å²) >= 11 is 0. The van der Waals surface area contributed by atoms with Gasteiger partial charge in [-0.2, -0.15) is 0 Å². The third-order valence-electron chi connectivity index (χ3n) is 6.44. The number of carboxylic acids is 1. The number of amidine groups is 1. The van der Waals surface area contributed by atoms with E-state index in [9.17, 15) is 9.90 Å². The van der Waals surface area contributed by atoms with E-state index in [0.29, 0.717) is 13.1 Å². The molecule has 0 saturated carbocycles. The number of unbranched alkanes of at least 4 members (excludes halogenated alkanes) is 14. The quantitative estimate of drug-likeness (QED) is 0.133. The molecule has 1 atom stereocenters. The second kappa shape index (κ2) is 19.0. The topological polar surface area (TPSA) is 78.5 Å². The molecule has 0 bridgehead atoms. The Labute approximate surface area is 197 Å². The maximum Gasteiger partial charge on any atom is 0.207 e. The molecule has 0 radical (unpaired) electrons. The lowest BCUT2D eigenvalue weighted by molar-refractivity contribution is -0.780. The van der Waals surface area contributed by atoms with Crippen LogP contribution in [0, 0.1) is 0 Å². The number of quaternary nitrogens is 1. The Morgan fingerprint density at radius 3 is 1.97 bits per heavy atom. The average Bonchev–Trinajstić information content (AvgIpc) is 3.14. The second-order valence-electron chi connectivity index (χ2n) is 9.31. The summed E-state index contributed by atoms with van der Waals surface area (Å²) < 4.78 is 0.241. The molecular weight excluding hydrogens is 398 g/mol. The van der Waals surface area contributed by atoms with Crippen LogP contribution in [0.25, 0.3) is 0 Å². The number of carbonyl (C=O) groups excluding carboxylic acids is 1.